The number of rotatable bonds is 0. The Hall–Kier alpha value is -0.120. The summed E-state index contributed by atoms with van der Waals surface area (Å²) in [5.41, 5.74) is 0. The molecule has 0 amide bonds. The van der Waals surface area contributed by atoms with Crippen LogP contribution in [0.15, 0.2) is 0 Å². The minimum atomic E-state index is -0.157. The maximum absolute atomic E-state index is 9.41. The maximum Gasteiger partial charge on any atom is 0.0700 e. The van der Waals surface area contributed by atoms with Gasteiger partial charge in [0.25, 0.3) is 0 Å². The minimum absolute atomic E-state index is 0.157. The van der Waals surface area contributed by atoms with E-state index in [2.05, 4.69) is 0 Å². The van der Waals surface area contributed by atoms with Gasteiger partial charge in [-0.05, 0) is 25.7 Å². The molecule has 0 spiro atoms. The molecule has 0 aromatic rings. The topological polar surface area (TPSA) is 38.7 Å². The molecule has 3 heteroatoms. The van der Waals surface area contributed by atoms with E-state index in [4.69, 9.17) is 9.47 Å². The third-order valence-electron chi connectivity index (χ3n) is 2.02. The van der Waals surface area contributed by atoms with Gasteiger partial charge in [0.1, 0.15) is 0 Å². The lowest BCUT2D eigenvalue weighted by molar-refractivity contribution is 0.0483. The van der Waals surface area contributed by atoms with Crippen molar-refractivity contribution in [1.82, 2.24) is 0 Å². The third-order valence-corrected chi connectivity index (χ3v) is 2.02. The first-order valence-electron chi connectivity index (χ1n) is 4.73. The molecule has 1 rings (SSSR count). The first-order chi connectivity index (χ1) is 5.89. The second-order valence-corrected chi connectivity index (χ2v) is 3.16. The Morgan fingerprint density at radius 1 is 0.833 bits per heavy atom. The van der Waals surface area contributed by atoms with Crippen LogP contribution in [0.25, 0.3) is 0 Å². The molecule has 1 fully saturated rings. The van der Waals surface area contributed by atoms with Gasteiger partial charge >= 0.3 is 0 Å². The lowest BCUT2D eigenvalue weighted by atomic mass is 10.1. The summed E-state index contributed by atoms with van der Waals surface area (Å²) in [6.45, 7) is 2.88. The largest absolute Gasteiger partial charge is 0.393 e. The lowest BCUT2D eigenvalue weighted by Gasteiger charge is -2.08. The Labute approximate surface area is 73.7 Å². The van der Waals surface area contributed by atoms with E-state index in [1.165, 1.54) is 0 Å². The Balaban J connectivity index is 2.13. The Morgan fingerprint density at radius 3 is 1.83 bits per heavy atom. The lowest BCUT2D eigenvalue weighted by Crippen LogP contribution is -2.08. The van der Waals surface area contributed by atoms with E-state index in [1.807, 2.05) is 0 Å². The summed E-state index contributed by atoms with van der Waals surface area (Å²) >= 11 is 0. The van der Waals surface area contributed by atoms with E-state index < -0.39 is 0 Å². The highest BCUT2D eigenvalue weighted by Gasteiger charge is 2.04. The number of ether oxygens (including phenoxy) is 2. The van der Waals surface area contributed by atoms with Gasteiger partial charge < -0.3 is 14.6 Å². The monoisotopic (exact) mass is 174 g/mol. The molecule has 0 aliphatic carbocycles. The highest BCUT2D eigenvalue weighted by molar-refractivity contribution is 4.56. The summed E-state index contributed by atoms with van der Waals surface area (Å²) in [7, 11) is 0. The fourth-order valence-corrected chi connectivity index (χ4v) is 1.31. The molecule has 0 bridgehead atoms. The van der Waals surface area contributed by atoms with Crippen LogP contribution in [0.4, 0.5) is 0 Å². The van der Waals surface area contributed by atoms with E-state index >= 15 is 0 Å². The van der Waals surface area contributed by atoms with Crippen LogP contribution in [-0.4, -0.2) is 37.6 Å². The molecule has 12 heavy (non-hydrogen) atoms. The molecule has 0 atom stereocenters. The van der Waals surface area contributed by atoms with Gasteiger partial charge in [0.2, 0.25) is 0 Å². The summed E-state index contributed by atoms with van der Waals surface area (Å²) in [4.78, 5) is 0. The van der Waals surface area contributed by atoms with Crippen LogP contribution in [0.1, 0.15) is 25.7 Å². The van der Waals surface area contributed by atoms with Gasteiger partial charge in [-0.15, -0.1) is 0 Å². The highest BCUT2D eigenvalue weighted by Crippen LogP contribution is 2.06. The summed E-state index contributed by atoms with van der Waals surface area (Å²) in [5.74, 6) is 0. The molecule has 72 valence electrons. The van der Waals surface area contributed by atoms with Crippen molar-refractivity contribution in [3.63, 3.8) is 0 Å². The molecular formula is C9H18O3. The first kappa shape index (κ1) is 9.96. The smallest absolute Gasteiger partial charge is 0.0700 e. The van der Waals surface area contributed by atoms with Crippen LogP contribution in [0.5, 0.6) is 0 Å². The molecule has 1 heterocycles. The SMILES string of the molecule is OC1CCCOCCOCCC1. The molecular weight excluding hydrogens is 156 g/mol. The van der Waals surface area contributed by atoms with Gasteiger partial charge in [0.15, 0.2) is 0 Å². The molecule has 0 radical (unpaired) electrons. The number of aliphatic hydroxyl groups excluding tert-OH is 1. The van der Waals surface area contributed by atoms with Crippen molar-refractivity contribution in [2.45, 2.75) is 31.8 Å². The zero-order valence-electron chi connectivity index (χ0n) is 7.50. The van der Waals surface area contributed by atoms with Crippen molar-refractivity contribution in [3.8, 4) is 0 Å². The molecule has 0 aromatic carbocycles. The summed E-state index contributed by atoms with van der Waals surface area (Å²) in [5, 5.41) is 9.41. The van der Waals surface area contributed by atoms with Gasteiger partial charge in [0, 0.05) is 13.2 Å². The Kier molecular flexibility index (Phi) is 5.32. The van der Waals surface area contributed by atoms with Crippen molar-refractivity contribution in [2.24, 2.45) is 0 Å². The van der Waals surface area contributed by atoms with Gasteiger partial charge in [-0.2, -0.15) is 0 Å². The van der Waals surface area contributed by atoms with E-state index in [0.717, 1.165) is 38.9 Å². The molecule has 0 aromatic heterocycles. The van der Waals surface area contributed by atoms with Crippen LogP contribution < -0.4 is 0 Å². The van der Waals surface area contributed by atoms with E-state index in [1.54, 1.807) is 0 Å². The fourth-order valence-electron chi connectivity index (χ4n) is 1.31. The predicted octanol–water partition coefficient (Wildman–Crippen LogP) is 0.954. The van der Waals surface area contributed by atoms with Gasteiger partial charge in [-0.1, -0.05) is 0 Å². The normalized spacial score (nSPS) is 24.8. The van der Waals surface area contributed by atoms with Gasteiger partial charge in [-0.25, -0.2) is 0 Å². The Morgan fingerprint density at radius 2 is 1.33 bits per heavy atom. The van der Waals surface area contributed by atoms with Crippen LogP contribution in [0, 0.1) is 0 Å². The zero-order chi connectivity index (χ0) is 8.65. The molecule has 0 saturated carbocycles. The highest BCUT2D eigenvalue weighted by atomic mass is 16.5. The molecule has 1 aliphatic heterocycles. The van der Waals surface area contributed by atoms with Crippen LogP contribution in [0.3, 0.4) is 0 Å². The second kappa shape index (κ2) is 6.40. The van der Waals surface area contributed by atoms with Crippen molar-refractivity contribution >= 4 is 0 Å². The van der Waals surface area contributed by atoms with Crippen molar-refractivity contribution < 1.29 is 14.6 Å². The number of hydrogen-bond acceptors (Lipinski definition) is 3. The number of hydrogen-bond donors (Lipinski definition) is 1. The first-order valence-corrected chi connectivity index (χ1v) is 4.73. The predicted molar refractivity (Wildman–Crippen MR) is 46.1 cm³/mol. The van der Waals surface area contributed by atoms with E-state index in [0.29, 0.717) is 13.2 Å². The minimum Gasteiger partial charge on any atom is -0.393 e. The zero-order valence-corrected chi connectivity index (χ0v) is 7.50. The quantitative estimate of drug-likeness (QED) is 0.594. The van der Waals surface area contributed by atoms with Crippen LogP contribution in [-0.2, 0) is 9.47 Å². The van der Waals surface area contributed by atoms with Crippen LogP contribution >= 0.6 is 0 Å². The standard InChI is InChI=1S/C9H18O3/c10-9-3-1-5-11-7-8-12-6-2-4-9/h9-10H,1-8H2. The van der Waals surface area contributed by atoms with Crippen molar-refractivity contribution in [1.29, 1.82) is 0 Å². The third kappa shape index (κ3) is 4.70. The molecule has 1 aliphatic rings. The van der Waals surface area contributed by atoms with Crippen LogP contribution in [0.2, 0.25) is 0 Å². The summed E-state index contributed by atoms with van der Waals surface area (Å²) in [6, 6.07) is 0. The van der Waals surface area contributed by atoms with Crippen molar-refractivity contribution in [2.75, 3.05) is 26.4 Å². The second-order valence-electron chi connectivity index (χ2n) is 3.16. The van der Waals surface area contributed by atoms with Gasteiger partial charge in [-0.3, -0.25) is 0 Å². The van der Waals surface area contributed by atoms with E-state index in [9.17, 15) is 5.11 Å². The summed E-state index contributed by atoms with van der Waals surface area (Å²) < 4.78 is 10.6. The molecule has 3 nitrogen and oxygen atoms in total. The number of aliphatic hydroxyl groups is 1. The van der Waals surface area contributed by atoms with E-state index in [-0.39, 0.29) is 6.10 Å². The average Bonchev–Trinajstić information content (AvgIpc) is 2.11. The van der Waals surface area contributed by atoms with Gasteiger partial charge in [0.05, 0.1) is 19.3 Å². The average molecular weight is 174 g/mol. The maximum atomic E-state index is 9.41. The summed E-state index contributed by atoms with van der Waals surface area (Å²) in [6.07, 6.45) is 3.48. The molecule has 1 N–H and O–H groups in total. The fraction of sp³-hybridized carbons (Fsp3) is 1.00. The molecule has 0 unspecified atom stereocenters. The Bertz CT molecular complexity index is 93.9. The van der Waals surface area contributed by atoms with Crippen molar-refractivity contribution in [3.05, 3.63) is 0 Å². The molecule has 1 saturated heterocycles.